The maximum absolute atomic E-state index is 13.7. The fourth-order valence-corrected chi connectivity index (χ4v) is 6.64. The largest absolute Gasteiger partial charge is 0.493 e. The molecule has 1 aliphatic carbocycles. The molecule has 1 aromatic heterocycles. The predicted octanol–water partition coefficient (Wildman–Crippen LogP) is 3.02. The second kappa shape index (κ2) is 12.9. The van der Waals surface area contributed by atoms with Crippen LogP contribution in [0.1, 0.15) is 34.6 Å². The number of ether oxygens (including phenoxy) is 2. The van der Waals surface area contributed by atoms with E-state index in [0.29, 0.717) is 57.3 Å². The summed E-state index contributed by atoms with van der Waals surface area (Å²) in [6.45, 7) is 2.48. The minimum Gasteiger partial charge on any atom is -0.493 e. The summed E-state index contributed by atoms with van der Waals surface area (Å²) in [6.07, 6.45) is 5.73. The molecule has 3 aliphatic rings. The van der Waals surface area contributed by atoms with Crippen molar-refractivity contribution < 1.29 is 23.9 Å². The molecule has 1 fully saturated rings. The lowest BCUT2D eigenvalue weighted by molar-refractivity contribution is -0.134. The number of likely N-dealkylation sites (tertiary alicyclic amines) is 1. The van der Waals surface area contributed by atoms with E-state index in [-0.39, 0.29) is 41.9 Å². The van der Waals surface area contributed by atoms with E-state index in [2.05, 4.69) is 22.4 Å². The van der Waals surface area contributed by atoms with Crippen LogP contribution in [0.2, 0.25) is 0 Å². The zero-order valence-electron chi connectivity index (χ0n) is 24.5. The highest BCUT2D eigenvalue weighted by atomic mass is 16.5. The second-order valence-corrected chi connectivity index (χ2v) is 11.7. The van der Waals surface area contributed by atoms with Gasteiger partial charge in [0.25, 0.3) is 0 Å². The number of aromatic nitrogens is 1. The van der Waals surface area contributed by atoms with Crippen LogP contribution < -0.4 is 14.8 Å². The van der Waals surface area contributed by atoms with Gasteiger partial charge in [-0.05, 0) is 59.7 Å². The Labute approximate surface area is 252 Å². The molecule has 3 heterocycles. The minimum atomic E-state index is -0.389. The molecule has 224 valence electrons. The zero-order chi connectivity index (χ0) is 29.8. The van der Waals surface area contributed by atoms with Gasteiger partial charge in [-0.2, -0.15) is 0 Å². The van der Waals surface area contributed by atoms with Gasteiger partial charge in [0.15, 0.2) is 11.5 Å². The lowest BCUT2D eigenvalue weighted by Gasteiger charge is -2.25. The van der Waals surface area contributed by atoms with Crippen LogP contribution in [0.15, 0.2) is 67.0 Å². The van der Waals surface area contributed by atoms with Crippen molar-refractivity contribution in [1.29, 1.82) is 0 Å². The van der Waals surface area contributed by atoms with E-state index < -0.39 is 0 Å². The lowest BCUT2D eigenvalue weighted by Crippen LogP contribution is -2.40. The van der Waals surface area contributed by atoms with Crippen molar-refractivity contribution in [2.75, 3.05) is 46.4 Å². The minimum absolute atomic E-state index is 0.0187. The number of nitrogens with one attached hydrogen (secondary N) is 1. The van der Waals surface area contributed by atoms with Crippen molar-refractivity contribution in [2.24, 2.45) is 11.8 Å². The van der Waals surface area contributed by atoms with Gasteiger partial charge in [-0.3, -0.25) is 19.4 Å². The van der Waals surface area contributed by atoms with Gasteiger partial charge in [-0.1, -0.05) is 36.4 Å². The monoisotopic (exact) mass is 582 g/mol. The van der Waals surface area contributed by atoms with E-state index in [1.165, 1.54) is 11.1 Å². The number of carbonyl (C=O) groups excluding carboxylic acids is 3. The summed E-state index contributed by atoms with van der Waals surface area (Å²) in [5, 5.41) is 3.11. The smallest absolute Gasteiger partial charge is 0.227 e. The average molecular weight is 583 g/mol. The van der Waals surface area contributed by atoms with Crippen LogP contribution in [0, 0.1) is 11.8 Å². The van der Waals surface area contributed by atoms with Crippen molar-refractivity contribution in [3.63, 3.8) is 0 Å². The third-order valence-corrected chi connectivity index (χ3v) is 8.94. The van der Waals surface area contributed by atoms with Gasteiger partial charge in [-0.15, -0.1) is 0 Å². The Bertz CT molecular complexity index is 1450. The van der Waals surface area contributed by atoms with E-state index in [0.717, 1.165) is 24.0 Å². The van der Waals surface area contributed by atoms with E-state index in [9.17, 15) is 14.4 Å². The van der Waals surface area contributed by atoms with Crippen LogP contribution in [0.3, 0.4) is 0 Å². The van der Waals surface area contributed by atoms with Crippen LogP contribution >= 0.6 is 0 Å². The second-order valence-electron chi connectivity index (χ2n) is 11.7. The van der Waals surface area contributed by atoms with Gasteiger partial charge in [0.2, 0.25) is 17.7 Å². The Kier molecular flexibility index (Phi) is 8.58. The maximum atomic E-state index is 13.7. The highest BCUT2D eigenvalue weighted by molar-refractivity contribution is 5.85. The Morgan fingerprint density at radius 3 is 2.53 bits per heavy atom. The number of benzene rings is 2. The molecular formula is C34H38N4O5. The molecule has 1 saturated heterocycles. The topological polar surface area (TPSA) is 101 Å². The lowest BCUT2D eigenvalue weighted by atomic mass is 9.88. The van der Waals surface area contributed by atoms with Gasteiger partial charge < -0.3 is 24.6 Å². The SMILES string of the molecule is COc1ccc2cc1OCCN(C(=O)Cc1cccnc1)CCCNC(=O)[C@H]1CN(C(=O)C3Cc4ccccc4C3)C[C@H]21. The highest BCUT2D eigenvalue weighted by Gasteiger charge is 2.43. The number of fused-ring (bicyclic) bond motifs is 5. The first-order valence-corrected chi connectivity index (χ1v) is 15.1. The van der Waals surface area contributed by atoms with Crippen LogP contribution in [-0.2, 0) is 33.6 Å². The number of amides is 3. The molecule has 0 saturated carbocycles. The van der Waals surface area contributed by atoms with Crippen molar-refractivity contribution in [3.05, 3.63) is 89.2 Å². The number of methoxy groups -OCH3 is 1. The molecule has 0 radical (unpaired) electrons. The Balaban J connectivity index is 1.20. The number of carbonyl (C=O) groups is 3. The molecule has 9 nitrogen and oxygen atoms in total. The van der Waals surface area contributed by atoms with Gasteiger partial charge >= 0.3 is 0 Å². The van der Waals surface area contributed by atoms with Crippen molar-refractivity contribution in [1.82, 2.24) is 20.1 Å². The molecule has 1 N–H and O–H groups in total. The summed E-state index contributed by atoms with van der Waals surface area (Å²) >= 11 is 0. The van der Waals surface area contributed by atoms with Gasteiger partial charge in [0.05, 0.1) is 26.0 Å². The Hall–Kier alpha value is -4.40. The molecular weight excluding hydrogens is 544 g/mol. The summed E-state index contributed by atoms with van der Waals surface area (Å²) in [7, 11) is 1.59. The third kappa shape index (κ3) is 6.35. The summed E-state index contributed by atoms with van der Waals surface area (Å²) in [6, 6.07) is 17.7. The maximum Gasteiger partial charge on any atom is 0.227 e. The Morgan fingerprint density at radius 2 is 1.79 bits per heavy atom. The van der Waals surface area contributed by atoms with E-state index in [4.69, 9.17) is 9.47 Å². The third-order valence-electron chi connectivity index (χ3n) is 8.94. The summed E-state index contributed by atoms with van der Waals surface area (Å²) < 4.78 is 11.8. The van der Waals surface area contributed by atoms with Crippen molar-refractivity contribution in [2.45, 2.75) is 31.6 Å². The first-order chi connectivity index (χ1) is 21.0. The molecule has 2 aromatic carbocycles. The molecule has 2 atom stereocenters. The first kappa shape index (κ1) is 28.7. The molecule has 9 heteroatoms. The average Bonchev–Trinajstić information content (AvgIpc) is 3.67. The number of pyridine rings is 1. The molecule has 3 aromatic rings. The fourth-order valence-electron chi connectivity index (χ4n) is 6.64. The highest BCUT2D eigenvalue weighted by Crippen LogP contribution is 2.39. The molecule has 43 heavy (non-hydrogen) atoms. The van der Waals surface area contributed by atoms with Crippen LogP contribution in [0.4, 0.5) is 0 Å². The van der Waals surface area contributed by atoms with Crippen molar-refractivity contribution >= 4 is 17.7 Å². The van der Waals surface area contributed by atoms with Crippen LogP contribution in [0.5, 0.6) is 11.5 Å². The van der Waals surface area contributed by atoms with E-state index in [1.807, 2.05) is 47.4 Å². The summed E-state index contributed by atoms with van der Waals surface area (Å²) in [5.74, 6) is 0.517. The zero-order valence-corrected chi connectivity index (χ0v) is 24.5. The number of rotatable bonds is 4. The summed E-state index contributed by atoms with van der Waals surface area (Å²) in [5.41, 5.74) is 4.26. The molecule has 2 aliphatic heterocycles. The first-order valence-electron chi connectivity index (χ1n) is 15.1. The molecule has 2 bridgehead atoms. The predicted molar refractivity (Wildman–Crippen MR) is 161 cm³/mol. The number of hydrogen-bond acceptors (Lipinski definition) is 6. The summed E-state index contributed by atoms with van der Waals surface area (Å²) in [4.78, 5) is 48.3. The molecule has 6 rings (SSSR count). The molecule has 0 unspecified atom stereocenters. The van der Waals surface area contributed by atoms with Crippen LogP contribution in [0.25, 0.3) is 0 Å². The molecule has 3 amide bonds. The quantitative estimate of drug-likeness (QED) is 0.508. The van der Waals surface area contributed by atoms with Gasteiger partial charge in [-0.25, -0.2) is 0 Å². The van der Waals surface area contributed by atoms with Crippen LogP contribution in [-0.4, -0.2) is 78.9 Å². The number of hydrogen-bond donors (Lipinski definition) is 1. The van der Waals surface area contributed by atoms with Gasteiger partial charge in [0.1, 0.15) is 6.61 Å². The van der Waals surface area contributed by atoms with E-state index >= 15 is 0 Å². The standard InChI is InChI=1S/C34H38N4O5/c1-42-30-10-9-26-19-31(30)43-15-14-37(32(39)16-23-6-4-11-35-20-23)13-5-12-36-33(40)29-22-38(21-28(26)29)34(41)27-17-24-7-2-3-8-25(24)18-27/h2-4,6-11,19-20,27-29H,5,12-18,21-22H2,1H3,(H,36,40)/t28-,29+/m1/s1. The fraction of sp³-hybridized carbons (Fsp3) is 0.412. The van der Waals surface area contributed by atoms with Crippen molar-refractivity contribution in [3.8, 4) is 11.5 Å². The normalized spacial score (nSPS) is 20.8. The Morgan fingerprint density at radius 1 is 1.00 bits per heavy atom. The van der Waals surface area contributed by atoms with E-state index in [1.54, 1.807) is 24.4 Å². The number of nitrogens with zero attached hydrogens (tertiary/aromatic N) is 3. The van der Waals surface area contributed by atoms with Gasteiger partial charge in [0, 0.05) is 50.4 Å². The molecule has 0 spiro atoms.